The average Bonchev–Trinajstić information content (AvgIpc) is 3.07. The van der Waals surface area contributed by atoms with Crippen LogP contribution in [0.25, 0.3) is 0 Å². The summed E-state index contributed by atoms with van der Waals surface area (Å²) < 4.78 is 5.53. The van der Waals surface area contributed by atoms with Crippen LogP contribution in [-0.4, -0.2) is 24.3 Å². The minimum Gasteiger partial charge on any atom is -0.484 e. The molecule has 1 aliphatic carbocycles. The Hall–Kier alpha value is -3.35. The highest BCUT2D eigenvalue weighted by Gasteiger charge is 2.13. The van der Waals surface area contributed by atoms with Crippen LogP contribution in [-0.2, 0) is 17.6 Å². The highest BCUT2D eigenvalue weighted by molar-refractivity contribution is 6.01. The molecule has 0 heterocycles. The van der Waals surface area contributed by atoms with Crippen molar-refractivity contribution in [3.05, 3.63) is 58.7 Å². The van der Waals surface area contributed by atoms with Crippen LogP contribution in [0.2, 0.25) is 0 Å². The van der Waals surface area contributed by atoms with E-state index in [0.29, 0.717) is 5.75 Å². The zero-order valence-electron chi connectivity index (χ0n) is 14.1. The molecule has 7 nitrogen and oxygen atoms in total. The van der Waals surface area contributed by atoms with Crippen molar-refractivity contribution in [1.82, 2.24) is 0 Å². The van der Waals surface area contributed by atoms with Gasteiger partial charge in [0.2, 0.25) is 11.8 Å². The summed E-state index contributed by atoms with van der Waals surface area (Å²) in [5.41, 5.74) is 13.5. The Morgan fingerprint density at radius 1 is 0.923 bits per heavy atom. The van der Waals surface area contributed by atoms with E-state index in [1.54, 1.807) is 0 Å². The fourth-order valence-electron chi connectivity index (χ4n) is 2.97. The van der Waals surface area contributed by atoms with Gasteiger partial charge in [0.05, 0.1) is 0 Å². The Labute approximate surface area is 150 Å². The molecule has 3 rings (SSSR count). The number of hydrogen-bond donors (Lipinski definition) is 3. The number of ether oxygens (including phenoxy) is 1. The van der Waals surface area contributed by atoms with Gasteiger partial charge in [-0.15, -0.1) is 0 Å². The van der Waals surface area contributed by atoms with Crippen molar-refractivity contribution < 1.29 is 19.1 Å². The first-order valence-corrected chi connectivity index (χ1v) is 8.21. The van der Waals surface area contributed by atoms with Gasteiger partial charge in [-0.2, -0.15) is 0 Å². The quantitative estimate of drug-likeness (QED) is 0.726. The fraction of sp³-hybridized carbons (Fsp3) is 0.211. The number of primary amides is 2. The van der Waals surface area contributed by atoms with Crippen LogP contribution in [0.15, 0.2) is 36.4 Å². The fourth-order valence-corrected chi connectivity index (χ4v) is 2.97. The van der Waals surface area contributed by atoms with E-state index in [4.69, 9.17) is 16.2 Å². The van der Waals surface area contributed by atoms with Gasteiger partial charge in [-0.3, -0.25) is 14.4 Å². The van der Waals surface area contributed by atoms with Crippen LogP contribution in [0.1, 0.15) is 38.3 Å². The molecule has 0 aromatic heterocycles. The highest BCUT2D eigenvalue weighted by Crippen LogP contribution is 2.26. The first kappa shape index (κ1) is 17.5. The van der Waals surface area contributed by atoms with Gasteiger partial charge in [0.25, 0.3) is 5.91 Å². The lowest BCUT2D eigenvalue weighted by atomic mass is 10.1. The Morgan fingerprint density at radius 2 is 1.58 bits per heavy atom. The summed E-state index contributed by atoms with van der Waals surface area (Å²) in [7, 11) is 0. The zero-order valence-corrected chi connectivity index (χ0v) is 14.1. The van der Waals surface area contributed by atoms with Gasteiger partial charge in [-0.05, 0) is 60.7 Å². The van der Waals surface area contributed by atoms with Gasteiger partial charge in [-0.25, -0.2) is 0 Å². The number of carbonyl (C=O) groups excluding carboxylic acids is 3. The number of nitrogens with two attached hydrogens (primary N) is 2. The summed E-state index contributed by atoms with van der Waals surface area (Å²) in [6, 6.07) is 9.85. The van der Waals surface area contributed by atoms with Crippen LogP contribution in [0.3, 0.4) is 0 Å². The first-order chi connectivity index (χ1) is 12.4. The maximum absolute atomic E-state index is 12.1. The lowest BCUT2D eigenvalue weighted by molar-refractivity contribution is -0.118. The summed E-state index contributed by atoms with van der Waals surface area (Å²) >= 11 is 0. The molecule has 0 aliphatic heterocycles. The van der Waals surface area contributed by atoms with Gasteiger partial charge in [0, 0.05) is 16.8 Å². The number of anilines is 1. The summed E-state index contributed by atoms with van der Waals surface area (Å²) in [6.45, 7) is -0.203. The number of amides is 3. The van der Waals surface area contributed by atoms with Gasteiger partial charge < -0.3 is 21.5 Å². The van der Waals surface area contributed by atoms with Crippen LogP contribution < -0.4 is 21.5 Å². The predicted octanol–water partition coefficient (Wildman–Crippen LogP) is 1.39. The molecule has 0 atom stereocenters. The lowest BCUT2D eigenvalue weighted by Gasteiger charge is -2.10. The average molecular weight is 353 g/mol. The Morgan fingerprint density at radius 3 is 2.23 bits per heavy atom. The Kier molecular flexibility index (Phi) is 4.88. The number of aryl methyl sites for hydroxylation is 2. The minimum atomic E-state index is -0.724. The topological polar surface area (TPSA) is 125 Å². The molecule has 0 fully saturated rings. The molecule has 134 valence electrons. The molecule has 2 aromatic carbocycles. The number of hydrogen-bond acceptors (Lipinski definition) is 4. The largest absolute Gasteiger partial charge is 0.484 e. The molecule has 0 bridgehead atoms. The third-order valence-electron chi connectivity index (χ3n) is 4.23. The molecule has 2 aromatic rings. The maximum Gasteiger partial charge on any atom is 0.262 e. The number of carbonyl (C=O) groups is 3. The highest BCUT2D eigenvalue weighted by atomic mass is 16.5. The third-order valence-corrected chi connectivity index (χ3v) is 4.23. The summed E-state index contributed by atoms with van der Waals surface area (Å²) in [4.78, 5) is 34.8. The van der Waals surface area contributed by atoms with E-state index in [0.717, 1.165) is 19.3 Å². The number of fused-ring (bicyclic) bond motifs is 1. The van der Waals surface area contributed by atoms with E-state index < -0.39 is 17.7 Å². The maximum atomic E-state index is 12.1. The minimum absolute atomic E-state index is 0.0798. The zero-order chi connectivity index (χ0) is 18.7. The van der Waals surface area contributed by atoms with Gasteiger partial charge in [-0.1, -0.05) is 6.07 Å². The van der Waals surface area contributed by atoms with Gasteiger partial charge in [0.1, 0.15) is 5.75 Å². The van der Waals surface area contributed by atoms with Crippen LogP contribution in [0, 0.1) is 0 Å². The Bertz CT molecular complexity index is 860. The van der Waals surface area contributed by atoms with Crippen molar-refractivity contribution in [3.63, 3.8) is 0 Å². The second kappa shape index (κ2) is 7.26. The molecule has 0 saturated heterocycles. The van der Waals surface area contributed by atoms with Crippen molar-refractivity contribution in [1.29, 1.82) is 0 Å². The molecular weight excluding hydrogens is 334 g/mol. The summed E-state index contributed by atoms with van der Waals surface area (Å²) in [5.74, 6) is -1.25. The molecule has 7 heteroatoms. The Balaban J connectivity index is 1.66. The van der Waals surface area contributed by atoms with Crippen LogP contribution >= 0.6 is 0 Å². The SMILES string of the molecule is NC(=O)c1cc(NC(=O)COc2ccc3c(c2)CCC3)cc(C(N)=O)c1. The summed E-state index contributed by atoms with van der Waals surface area (Å²) in [6.07, 6.45) is 3.24. The molecule has 0 spiro atoms. The monoisotopic (exact) mass is 353 g/mol. The van der Waals surface area contributed by atoms with E-state index in [1.807, 2.05) is 18.2 Å². The number of rotatable bonds is 6. The van der Waals surface area contributed by atoms with Crippen molar-refractivity contribution in [2.24, 2.45) is 11.5 Å². The van der Waals surface area contributed by atoms with E-state index >= 15 is 0 Å². The van der Waals surface area contributed by atoms with E-state index in [-0.39, 0.29) is 23.4 Å². The van der Waals surface area contributed by atoms with Crippen LogP contribution in [0.4, 0.5) is 5.69 Å². The number of nitrogens with one attached hydrogen (secondary N) is 1. The molecule has 3 amide bonds. The van der Waals surface area contributed by atoms with Crippen molar-refractivity contribution in [3.8, 4) is 5.75 Å². The molecule has 0 radical (unpaired) electrons. The summed E-state index contributed by atoms with van der Waals surface area (Å²) in [5, 5.41) is 2.58. The van der Waals surface area contributed by atoms with Gasteiger partial charge in [0.15, 0.2) is 6.61 Å². The number of benzene rings is 2. The van der Waals surface area contributed by atoms with Crippen molar-refractivity contribution in [2.75, 3.05) is 11.9 Å². The van der Waals surface area contributed by atoms with E-state index in [9.17, 15) is 14.4 Å². The third kappa shape index (κ3) is 4.00. The molecule has 0 saturated carbocycles. The van der Waals surface area contributed by atoms with Crippen LogP contribution in [0.5, 0.6) is 5.75 Å². The predicted molar refractivity (Wildman–Crippen MR) is 96.1 cm³/mol. The van der Waals surface area contributed by atoms with E-state index in [1.165, 1.54) is 29.3 Å². The van der Waals surface area contributed by atoms with Gasteiger partial charge >= 0.3 is 0 Å². The standard InChI is InChI=1S/C19H19N3O4/c20-18(24)13-6-14(19(21)25)8-15(7-13)22-17(23)10-26-16-5-4-11-2-1-3-12(11)9-16/h4-9H,1-3,10H2,(H2,20,24)(H2,21,25)(H,22,23). The van der Waals surface area contributed by atoms with Crippen molar-refractivity contribution >= 4 is 23.4 Å². The molecule has 1 aliphatic rings. The molecule has 5 N–H and O–H groups in total. The molecular formula is C19H19N3O4. The van der Waals surface area contributed by atoms with Crippen molar-refractivity contribution in [2.45, 2.75) is 19.3 Å². The second-order valence-electron chi connectivity index (χ2n) is 6.15. The normalized spacial score (nSPS) is 12.3. The smallest absolute Gasteiger partial charge is 0.262 e. The second-order valence-corrected chi connectivity index (χ2v) is 6.15. The molecule has 26 heavy (non-hydrogen) atoms. The first-order valence-electron chi connectivity index (χ1n) is 8.21. The molecule has 0 unspecified atom stereocenters. The lowest BCUT2D eigenvalue weighted by Crippen LogP contribution is -2.22. The van der Waals surface area contributed by atoms with E-state index in [2.05, 4.69) is 5.32 Å².